The molecular weight excluding hydrogens is 113 g/mol. The summed E-state index contributed by atoms with van der Waals surface area (Å²) >= 11 is 0. The van der Waals surface area contributed by atoms with Crippen molar-refractivity contribution in [1.29, 1.82) is 0 Å². The van der Waals surface area contributed by atoms with Gasteiger partial charge in [-0.05, 0) is 11.0 Å². The number of nitrogens with two attached hydrogens (primary N) is 1. The highest BCUT2D eigenvalue weighted by Gasteiger charge is 2.00. The minimum Gasteiger partial charge on any atom is -0.302 e. The predicted molar refractivity (Wildman–Crippen MR) is 28.4 cm³/mol. The van der Waals surface area contributed by atoms with Gasteiger partial charge in [0.05, 0.1) is 0 Å². The predicted octanol–water partition coefficient (Wildman–Crippen LogP) is 0.637. The summed E-state index contributed by atoms with van der Waals surface area (Å²) in [6.45, 7) is 1.87. The largest absolute Gasteiger partial charge is 0.495 e. The van der Waals surface area contributed by atoms with Crippen LogP contribution in [0.2, 0.25) is 0 Å². The molecule has 0 saturated heterocycles. The summed E-state index contributed by atoms with van der Waals surface area (Å²) < 4.78 is 14.1. The molecule has 0 aromatic heterocycles. The number of hydrogen-bond acceptors (Lipinski definition) is 3. The molecule has 0 aliphatic heterocycles. The first kappa shape index (κ1) is 7.02. The zero-order chi connectivity index (χ0) is 5.70. The van der Waals surface area contributed by atoms with Gasteiger partial charge in [-0.25, -0.2) is 0 Å². The van der Waals surface area contributed by atoms with Crippen LogP contribution < -0.4 is 5.73 Å². The first-order chi connectivity index (χ1) is 3.31. The van der Waals surface area contributed by atoms with Crippen LogP contribution in [-0.4, -0.2) is 6.23 Å². The van der Waals surface area contributed by atoms with Crippen molar-refractivity contribution in [1.82, 2.24) is 0 Å². The van der Waals surface area contributed by atoms with Gasteiger partial charge in [0.1, 0.15) is 0 Å². The van der Waals surface area contributed by atoms with Gasteiger partial charge in [0.25, 0.3) is 0 Å². The lowest BCUT2D eigenvalue weighted by Crippen LogP contribution is -2.17. The van der Waals surface area contributed by atoms with Crippen molar-refractivity contribution in [3.8, 4) is 0 Å². The Balaban J connectivity index is 2.98. The Kier molecular flexibility index (Phi) is 4.20. The Morgan fingerprint density at radius 1 is 2.00 bits per heavy atom. The summed E-state index contributed by atoms with van der Waals surface area (Å²) in [7, 11) is -0.730. The third kappa shape index (κ3) is 3.86. The third-order valence-corrected chi connectivity index (χ3v) is 1.00. The molecule has 42 valence electrons. The van der Waals surface area contributed by atoms with Gasteiger partial charge in [-0.3, -0.25) is 0 Å². The fourth-order valence-electron chi connectivity index (χ4n) is 0.145. The van der Waals surface area contributed by atoms with E-state index in [9.17, 15) is 4.57 Å². The summed E-state index contributed by atoms with van der Waals surface area (Å²) in [6.07, 6.45) is 0.353. The van der Waals surface area contributed by atoms with Gasteiger partial charge in [-0.1, -0.05) is 6.92 Å². The fourth-order valence-corrected chi connectivity index (χ4v) is 0.435. The molecule has 2 atom stereocenters. The van der Waals surface area contributed by atoms with Gasteiger partial charge in [-0.2, -0.15) is 0 Å². The summed E-state index contributed by atoms with van der Waals surface area (Å²) in [5, 5.41) is 0. The van der Waals surface area contributed by atoms with Crippen molar-refractivity contribution in [2.75, 3.05) is 0 Å². The van der Waals surface area contributed by atoms with E-state index >= 15 is 0 Å². The molecular formula is C3H9NO2P+. The Labute approximate surface area is 44.1 Å². The van der Waals surface area contributed by atoms with Crippen LogP contribution in [-0.2, 0) is 9.09 Å². The third-order valence-electron chi connectivity index (χ3n) is 0.602. The zero-order valence-electron chi connectivity index (χ0n) is 4.18. The SMILES string of the molecule is CCC(N)O[PH+]=O. The van der Waals surface area contributed by atoms with Crippen molar-refractivity contribution < 1.29 is 9.09 Å². The second kappa shape index (κ2) is 4.19. The molecule has 0 bridgehead atoms. The molecule has 3 nitrogen and oxygen atoms in total. The molecule has 0 rings (SSSR count). The van der Waals surface area contributed by atoms with Crippen LogP contribution in [0.5, 0.6) is 0 Å². The van der Waals surface area contributed by atoms with Crippen LogP contribution >= 0.6 is 8.69 Å². The smallest absolute Gasteiger partial charge is 0.302 e. The molecule has 0 aliphatic rings. The molecule has 2 N–H and O–H groups in total. The van der Waals surface area contributed by atoms with E-state index in [0.717, 1.165) is 0 Å². The molecule has 7 heavy (non-hydrogen) atoms. The number of rotatable bonds is 3. The molecule has 0 radical (unpaired) electrons. The lowest BCUT2D eigenvalue weighted by molar-refractivity contribution is 0.227. The molecule has 0 aliphatic carbocycles. The van der Waals surface area contributed by atoms with Gasteiger partial charge in [0, 0.05) is 0 Å². The van der Waals surface area contributed by atoms with E-state index in [1.54, 1.807) is 0 Å². The maximum atomic E-state index is 9.62. The average Bonchev–Trinajstić information content (AvgIpc) is 1.68. The minimum atomic E-state index is -0.730. The second-order valence-electron chi connectivity index (χ2n) is 1.15. The first-order valence-electron chi connectivity index (χ1n) is 2.09. The van der Waals surface area contributed by atoms with E-state index < -0.39 is 8.69 Å². The van der Waals surface area contributed by atoms with Crippen molar-refractivity contribution in [3.05, 3.63) is 0 Å². The fraction of sp³-hybridized carbons (Fsp3) is 1.00. The van der Waals surface area contributed by atoms with Crippen LogP contribution in [0.4, 0.5) is 0 Å². The van der Waals surface area contributed by atoms with Gasteiger partial charge in [0.15, 0.2) is 6.23 Å². The van der Waals surface area contributed by atoms with E-state index in [2.05, 4.69) is 4.52 Å². The molecule has 0 spiro atoms. The normalized spacial score (nSPS) is 14.6. The van der Waals surface area contributed by atoms with Crippen LogP contribution in [0.25, 0.3) is 0 Å². The van der Waals surface area contributed by atoms with E-state index in [1.165, 1.54) is 0 Å². The highest BCUT2D eigenvalue weighted by atomic mass is 31.1. The summed E-state index contributed by atoms with van der Waals surface area (Å²) in [5.41, 5.74) is 5.17. The quantitative estimate of drug-likeness (QED) is 0.441. The molecule has 0 aromatic rings. The summed E-state index contributed by atoms with van der Waals surface area (Å²) in [5.74, 6) is 0. The van der Waals surface area contributed by atoms with Crippen LogP contribution in [0.15, 0.2) is 0 Å². The molecule has 2 unspecified atom stereocenters. The monoisotopic (exact) mass is 122 g/mol. The van der Waals surface area contributed by atoms with E-state index in [1.807, 2.05) is 6.92 Å². The summed E-state index contributed by atoms with van der Waals surface area (Å²) in [6, 6.07) is 0. The molecule has 0 amide bonds. The van der Waals surface area contributed by atoms with Crippen LogP contribution in [0.3, 0.4) is 0 Å². The van der Waals surface area contributed by atoms with Gasteiger partial charge in [-0.15, -0.1) is 4.52 Å². The molecule has 0 aromatic carbocycles. The topological polar surface area (TPSA) is 52.3 Å². The minimum absolute atomic E-state index is 0.351. The van der Waals surface area contributed by atoms with Gasteiger partial charge >= 0.3 is 8.69 Å². The Morgan fingerprint density at radius 3 is 2.71 bits per heavy atom. The van der Waals surface area contributed by atoms with Crippen molar-refractivity contribution >= 4 is 8.69 Å². The highest BCUT2D eigenvalue weighted by Crippen LogP contribution is 1.99. The van der Waals surface area contributed by atoms with Gasteiger partial charge in [0.2, 0.25) is 0 Å². The first-order valence-corrected chi connectivity index (χ1v) is 2.91. The Morgan fingerprint density at radius 2 is 2.57 bits per heavy atom. The van der Waals surface area contributed by atoms with E-state index in [4.69, 9.17) is 5.73 Å². The van der Waals surface area contributed by atoms with E-state index in [-0.39, 0.29) is 6.23 Å². The molecule has 0 saturated carbocycles. The number of hydrogen-bond donors (Lipinski definition) is 1. The molecule has 4 heteroatoms. The highest BCUT2D eigenvalue weighted by molar-refractivity contribution is 7.17. The average molecular weight is 122 g/mol. The summed E-state index contributed by atoms with van der Waals surface area (Å²) in [4.78, 5) is 0. The van der Waals surface area contributed by atoms with Gasteiger partial charge < -0.3 is 5.73 Å². The van der Waals surface area contributed by atoms with Crippen LogP contribution in [0, 0.1) is 0 Å². The lowest BCUT2D eigenvalue weighted by atomic mass is 10.5. The van der Waals surface area contributed by atoms with E-state index in [0.29, 0.717) is 6.42 Å². The van der Waals surface area contributed by atoms with Crippen molar-refractivity contribution in [2.24, 2.45) is 5.73 Å². The lowest BCUT2D eigenvalue weighted by Gasteiger charge is -1.93. The maximum absolute atomic E-state index is 9.62. The standard InChI is InChI=1S/C3H9NO2P/c1-2-3(4)6-7-5/h3,7H,2,4H2,1H3/q+1. The Bertz CT molecular complexity index is 58.9. The van der Waals surface area contributed by atoms with Crippen molar-refractivity contribution in [2.45, 2.75) is 19.6 Å². The molecule has 0 fully saturated rings. The molecule has 0 heterocycles. The Hall–Kier alpha value is 0.0200. The van der Waals surface area contributed by atoms with Crippen molar-refractivity contribution in [3.63, 3.8) is 0 Å². The van der Waals surface area contributed by atoms with Crippen LogP contribution in [0.1, 0.15) is 13.3 Å². The zero-order valence-corrected chi connectivity index (χ0v) is 5.18. The maximum Gasteiger partial charge on any atom is 0.495 e. The second-order valence-corrected chi connectivity index (χ2v) is 1.55.